The van der Waals surface area contributed by atoms with Gasteiger partial charge in [-0.2, -0.15) is 0 Å². The van der Waals surface area contributed by atoms with Crippen LogP contribution in [0.2, 0.25) is 0 Å². The lowest BCUT2D eigenvalue weighted by atomic mass is 9.96. The van der Waals surface area contributed by atoms with E-state index in [0.29, 0.717) is 0 Å². The van der Waals surface area contributed by atoms with Crippen molar-refractivity contribution in [2.24, 2.45) is 0 Å². The third-order valence-corrected chi connectivity index (χ3v) is 4.27. The van der Waals surface area contributed by atoms with E-state index in [1.54, 1.807) is 0 Å². The summed E-state index contributed by atoms with van der Waals surface area (Å²) in [5.74, 6) is 0. The molecule has 1 aromatic heterocycles. The zero-order valence-corrected chi connectivity index (χ0v) is 13.8. The Morgan fingerprint density at radius 3 is 2.32 bits per heavy atom. The molecule has 3 nitrogen and oxygen atoms in total. The molecule has 116 valence electrons. The van der Waals surface area contributed by atoms with Crippen LogP contribution in [-0.2, 0) is 0 Å². The molecule has 1 saturated heterocycles. The quantitative estimate of drug-likeness (QED) is 0.943. The number of hydrogen-bond donors (Lipinski definition) is 1. The second kappa shape index (κ2) is 6.59. The molecule has 2 heterocycles. The van der Waals surface area contributed by atoms with Crippen LogP contribution in [0.4, 0.5) is 0 Å². The highest BCUT2D eigenvalue weighted by atomic mass is 15.2. The standard InChI is InChI=1S/C19H25N3/c1-14-11-15(2)13-17(12-14)19(22-9-7-20-8-10-22)18-6-4-5-16(3)21-18/h4-6,11-13,19-20H,7-10H2,1-3H3. The van der Waals surface area contributed by atoms with Crippen LogP contribution in [0.5, 0.6) is 0 Å². The molecule has 1 aliphatic heterocycles. The van der Waals surface area contributed by atoms with Gasteiger partial charge in [0.05, 0.1) is 11.7 Å². The van der Waals surface area contributed by atoms with Gasteiger partial charge in [-0.3, -0.25) is 9.88 Å². The van der Waals surface area contributed by atoms with Crippen molar-refractivity contribution in [3.63, 3.8) is 0 Å². The van der Waals surface area contributed by atoms with Gasteiger partial charge in [0.2, 0.25) is 0 Å². The summed E-state index contributed by atoms with van der Waals surface area (Å²) in [6.45, 7) is 10.6. The molecule has 1 aromatic carbocycles. The first-order valence-electron chi connectivity index (χ1n) is 8.10. The monoisotopic (exact) mass is 295 g/mol. The summed E-state index contributed by atoms with van der Waals surface area (Å²) in [5, 5.41) is 3.44. The Balaban J connectivity index is 2.05. The highest BCUT2D eigenvalue weighted by molar-refractivity contribution is 5.35. The van der Waals surface area contributed by atoms with Crippen LogP contribution in [0.3, 0.4) is 0 Å². The molecule has 22 heavy (non-hydrogen) atoms. The molecule has 1 atom stereocenters. The Kier molecular flexibility index (Phi) is 4.55. The number of aromatic nitrogens is 1. The minimum Gasteiger partial charge on any atom is -0.314 e. The third kappa shape index (κ3) is 3.37. The Morgan fingerprint density at radius 1 is 1.00 bits per heavy atom. The maximum Gasteiger partial charge on any atom is 0.0777 e. The average molecular weight is 295 g/mol. The van der Waals surface area contributed by atoms with Crippen LogP contribution in [0.25, 0.3) is 0 Å². The smallest absolute Gasteiger partial charge is 0.0777 e. The zero-order valence-electron chi connectivity index (χ0n) is 13.8. The van der Waals surface area contributed by atoms with E-state index < -0.39 is 0 Å². The van der Waals surface area contributed by atoms with E-state index in [-0.39, 0.29) is 6.04 Å². The molecule has 1 aliphatic rings. The van der Waals surface area contributed by atoms with Crippen molar-refractivity contribution >= 4 is 0 Å². The van der Waals surface area contributed by atoms with Gasteiger partial charge in [-0.25, -0.2) is 0 Å². The molecular weight excluding hydrogens is 270 g/mol. The first-order valence-corrected chi connectivity index (χ1v) is 8.10. The fraction of sp³-hybridized carbons (Fsp3) is 0.421. The molecule has 1 unspecified atom stereocenters. The van der Waals surface area contributed by atoms with Crippen molar-refractivity contribution in [2.45, 2.75) is 26.8 Å². The SMILES string of the molecule is Cc1cc(C)cc(C(c2cccc(C)n2)N2CCNCC2)c1. The number of aryl methyl sites for hydroxylation is 3. The molecule has 0 bridgehead atoms. The van der Waals surface area contributed by atoms with E-state index in [2.05, 4.69) is 67.4 Å². The fourth-order valence-electron chi connectivity index (χ4n) is 3.39. The summed E-state index contributed by atoms with van der Waals surface area (Å²) in [6, 6.07) is 13.5. The number of benzene rings is 1. The van der Waals surface area contributed by atoms with Gasteiger partial charge in [-0.15, -0.1) is 0 Å². The molecule has 0 aliphatic carbocycles. The first kappa shape index (κ1) is 15.2. The van der Waals surface area contributed by atoms with Gasteiger partial charge in [0.25, 0.3) is 0 Å². The predicted molar refractivity (Wildman–Crippen MR) is 91.2 cm³/mol. The van der Waals surface area contributed by atoms with Gasteiger partial charge >= 0.3 is 0 Å². The number of nitrogens with zero attached hydrogens (tertiary/aromatic N) is 2. The van der Waals surface area contributed by atoms with Gasteiger partial charge in [0.15, 0.2) is 0 Å². The summed E-state index contributed by atoms with van der Waals surface area (Å²) >= 11 is 0. The lowest BCUT2D eigenvalue weighted by molar-refractivity contribution is 0.195. The molecule has 0 amide bonds. The molecule has 3 rings (SSSR count). The Bertz CT molecular complexity index is 625. The highest BCUT2D eigenvalue weighted by Crippen LogP contribution is 2.29. The molecule has 0 radical (unpaired) electrons. The second-order valence-electron chi connectivity index (χ2n) is 6.31. The zero-order chi connectivity index (χ0) is 15.5. The van der Waals surface area contributed by atoms with Crippen LogP contribution >= 0.6 is 0 Å². The maximum absolute atomic E-state index is 4.82. The molecule has 1 N–H and O–H groups in total. The summed E-state index contributed by atoms with van der Waals surface area (Å²) < 4.78 is 0. The van der Waals surface area contributed by atoms with E-state index in [9.17, 15) is 0 Å². The van der Waals surface area contributed by atoms with Crippen LogP contribution < -0.4 is 5.32 Å². The maximum atomic E-state index is 4.82. The topological polar surface area (TPSA) is 28.2 Å². The molecule has 1 fully saturated rings. The van der Waals surface area contributed by atoms with Crippen molar-refractivity contribution in [1.82, 2.24) is 15.2 Å². The van der Waals surface area contributed by atoms with Crippen molar-refractivity contribution in [3.8, 4) is 0 Å². The van der Waals surface area contributed by atoms with Crippen molar-refractivity contribution in [2.75, 3.05) is 26.2 Å². The fourth-order valence-corrected chi connectivity index (χ4v) is 3.39. The number of nitrogens with one attached hydrogen (secondary N) is 1. The number of hydrogen-bond acceptors (Lipinski definition) is 3. The van der Waals surface area contributed by atoms with E-state index in [1.807, 2.05) is 0 Å². The van der Waals surface area contributed by atoms with Crippen molar-refractivity contribution in [3.05, 3.63) is 64.5 Å². The van der Waals surface area contributed by atoms with Crippen LogP contribution in [0, 0.1) is 20.8 Å². The van der Waals surface area contributed by atoms with Crippen LogP contribution in [-0.4, -0.2) is 36.1 Å². The van der Waals surface area contributed by atoms with Gasteiger partial charge in [-0.1, -0.05) is 35.4 Å². The molecule has 2 aromatic rings. The Labute approximate surface area is 133 Å². The number of rotatable bonds is 3. The lowest BCUT2D eigenvalue weighted by Gasteiger charge is -2.35. The molecule has 0 spiro atoms. The van der Waals surface area contributed by atoms with Crippen LogP contribution in [0.1, 0.15) is 34.1 Å². The molecule has 3 heteroatoms. The Hall–Kier alpha value is -1.71. The third-order valence-electron chi connectivity index (χ3n) is 4.27. The predicted octanol–water partition coefficient (Wildman–Crippen LogP) is 3.00. The van der Waals surface area contributed by atoms with Crippen molar-refractivity contribution in [1.29, 1.82) is 0 Å². The average Bonchev–Trinajstić information content (AvgIpc) is 2.48. The van der Waals surface area contributed by atoms with Gasteiger partial charge < -0.3 is 5.32 Å². The minimum absolute atomic E-state index is 0.251. The normalized spacial score (nSPS) is 17.4. The van der Waals surface area contributed by atoms with Gasteiger partial charge in [0.1, 0.15) is 0 Å². The number of piperazine rings is 1. The Morgan fingerprint density at radius 2 is 1.68 bits per heavy atom. The highest BCUT2D eigenvalue weighted by Gasteiger charge is 2.25. The van der Waals surface area contributed by atoms with E-state index in [0.717, 1.165) is 37.6 Å². The lowest BCUT2D eigenvalue weighted by Crippen LogP contribution is -2.45. The summed E-state index contributed by atoms with van der Waals surface area (Å²) in [7, 11) is 0. The van der Waals surface area contributed by atoms with E-state index >= 15 is 0 Å². The van der Waals surface area contributed by atoms with Crippen molar-refractivity contribution < 1.29 is 0 Å². The first-order chi connectivity index (χ1) is 10.6. The summed E-state index contributed by atoms with van der Waals surface area (Å²) in [6.07, 6.45) is 0. The summed E-state index contributed by atoms with van der Waals surface area (Å²) in [4.78, 5) is 7.37. The van der Waals surface area contributed by atoms with E-state index in [1.165, 1.54) is 16.7 Å². The summed E-state index contributed by atoms with van der Waals surface area (Å²) in [5.41, 5.74) is 6.25. The minimum atomic E-state index is 0.251. The largest absolute Gasteiger partial charge is 0.314 e. The molecular formula is C19H25N3. The second-order valence-corrected chi connectivity index (χ2v) is 6.31. The molecule has 0 saturated carbocycles. The number of pyridine rings is 1. The van der Waals surface area contributed by atoms with Gasteiger partial charge in [-0.05, 0) is 38.5 Å². The van der Waals surface area contributed by atoms with Gasteiger partial charge in [0, 0.05) is 31.9 Å². The van der Waals surface area contributed by atoms with E-state index in [4.69, 9.17) is 4.98 Å². The van der Waals surface area contributed by atoms with Crippen LogP contribution in [0.15, 0.2) is 36.4 Å².